The maximum Gasteiger partial charge on any atom is 0.339 e. The van der Waals surface area contributed by atoms with Gasteiger partial charge in [0.05, 0.1) is 17.9 Å². The minimum atomic E-state index is -1.15. The van der Waals surface area contributed by atoms with Crippen LogP contribution in [-0.4, -0.2) is 29.6 Å². The number of halogens is 1. The fourth-order valence-corrected chi connectivity index (χ4v) is 3.39. The Hall–Kier alpha value is -2.87. The lowest BCUT2D eigenvalue weighted by atomic mass is 9.82. The molecule has 2 N–H and O–H groups in total. The zero-order chi connectivity index (χ0) is 18.7. The van der Waals surface area contributed by atoms with Crippen LogP contribution in [0.3, 0.4) is 0 Å². The van der Waals surface area contributed by atoms with Crippen molar-refractivity contribution in [3.05, 3.63) is 63.5 Å². The molecule has 1 aliphatic heterocycles. The number of benzene rings is 1. The van der Waals surface area contributed by atoms with Gasteiger partial charge in [0, 0.05) is 17.8 Å². The largest absolute Gasteiger partial charge is 0.462 e. The summed E-state index contributed by atoms with van der Waals surface area (Å²) in [4.78, 5) is 21.6. The van der Waals surface area contributed by atoms with E-state index in [4.69, 9.17) is 15.1 Å². The van der Waals surface area contributed by atoms with Crippen LogP contribution in [0.2, 0.25) is 0 Å². The molecule has 1 aliphatic rings. The van der Waals surface area contributed by atoms with Gasteiger partial charge in [0.2, 0.25) is 0 Å². The zero-order valence-corrected chi connectivity index (χ0v) is 15.1. The lowest BCUT2D eigenvalue weighted by Gasteiger charge is -2.33. The van der Waals surface area contributed by atoms with Gasteiger partial charge in [0.25, 0.3) is 0 Å². The number of carbonyl (C=O) groups is 1. The van der Waals surface area contributed by atoms with Gasteiger partial charge >= 0.3 is 5.97 Å². The summed E-state index contributed by atoms with van der Waals surface area (Å²) in [5.74, 6) is -0.519. The van der Waals surface area contributed by atoms with Gasteiger partial charge in [-0.25, -0.2) is 19.2 Å². The van der Waals surface area contributed by atoms with Crippen LogP contribution in [0.15, 0.2) is 52.1 Å². The van der Waals surface area contributed by atoms with Crippen molar-refractivity contribution < 1.29 is 13.9 Å². The van der Waals surface area contributed by atoms with Crippen molar-refractivity contribution in [2.24, 2.45) is 4.99 Å². The van der Waals surface area contributed by atoms with E-state index in [1.54, 1.807) is 32.2 Å². The van der Waals surface area contributed by atoms with Crippen molar-refractivity contribution in [2.45, 2.75) is 19.4 Å². The summed E-state index contributed by atoms with van der Waals surface area (Å²) < 4.78 is 18.6. The number of aliphatic imine (C=N–C) groups is 1. The number of nitrogens with one attached hydrogen (secondary N) is 2. The van der Waals surface area contributed by atoms with Gasteiger partial charge in [0.15, 0.2) is 10.8 Å². The molecule has 0 spiro atoms. The van der Waals surface area contributed by atoms with E-state index in [9.17, 15) is 9.18 Å². The number of aromatic nitrogens is 1. The summed E-state index contributed by atoms with van der Waals surface area (Å²) in [6, 6.07) is 5.77. The second-order valence-corrected chi connectivity index (χ2v) is 6.55. The van der Waals surface area contributed by atoms with Crippen molar-refractivity contribution in [3.63, 3.8) is 0 Å². The highest BCUT2D eigenvalue weighted by molar-refractivity contribution is 7.11. The second-order valence-electron chi connectivity index (χ2n) is 5.66. The highest BCUT2D eigenvalue weighted by Crippen LogP contribution is 2.38. The van der Waals surface area contributed by atoms with Crippen molar-refractivity contribution in [3.8, 4) is 0 Å². The van der Waals surface area contributed by atoms with E-state index in [1.165, 1.54) is 23.5 Å². The fourth-order valence-electron chi connectivity index (χ4n) is 2.80. The quantitative estimate of drug-likeness (QED) is 0.624. The molecule has 6 nitrogen and oxygen atoms in total. The molecule has 0 bridgehead atoms. The molecule has 2 heterocycles. The van der Waals surface area contributed by atoms with E-state index in [-0.39, 0.29) is 23.7 Å². The Kier molecular flexibility index (Phi) is 4.94. The Morgan fingerprint density at radius 2 is 2.15 bits per heavy atom. The first-order valence-corrected chi connectivity index (χ1v) is 8.82. The van der Waals surface area contributed by atoms with Gasteiger partial charge in [-0.2, -0.15) is 0 Å². The van der Waals surface area contributed by atoms with Crippen LogP contribution in [0.1, 0.15) is 24.4 Å². The van der Waals surface area contributed by atoms with E-state index in [0.29, 0.717) is 16.4 Å². The number of carbonyl (C=O) groups excluding carboxylic acids is 1. The molecule has 1 aromatic heterocycles. The number of amidine groups is 1. The van der Waals surface area contributed by atoms with E-state index >= 15 is 0 Å². The Balaban J connectivity index is 2.21. The number of ether oxygens (including phenoxy) is 1. The molecule has 1 atom stereocenters. The number of rotatable bonds is 5. The minimum Gasteiger partial charge on any atom is -0.462 e. The molecule has 2 aromatic rings. The van der Waals surface area contributed by atoms with E-state index in [2.05, 4.69) is 10.3 Å². The fraction of sp³-hybridized carbons (Fsp3) is 0.222. The molecule has 26 heavy (non-hydrogen) atoms. The summed E-state index contributed by atoms with van der Waals surface area (Å²) in [6.07, 6.45) is 2.70. The summed E-state index contributed by atoms with van der Waals surface area (Å²) in [5.41, 5.74) is -0.0763. The predicted molar refractivity (Wildman–Crippen MR) is 98.0 cm³/mol. The molecule has 0 saturated heterocycles. The SMILES string of the molecule is CCOC(=O)C1=C(C=N)NC(c2nccs2)=N[C@]1(C)c1ccc(F)cc1. The first-order chi connectivity index (χ1) is 12.5. The van der Waals surface area contributed by atoms with Crippen molar-refractivity contribution >= 4 is 29.4 Å². The topological polar surface area (TPSA) is 87.4 Å². The molecular weight excluding hydrogens is 355 g/mol. The molecule has 0 saturated carbocycles. The molecule has 0 fully saturated rings. The van der Waals surface area contributed by atoms with Crippen LogP contribution in [0.25, 0.3) is 0 Å². The number of thiazole rings is 1. The van der Waals surface area contributed by atoms with E-state index in [1.807, 2.05) is 5.38 Å². The van der Waals surface area contributed by atoms with Gasteiger partial charge in [-0.15, -0.1) is 11.3 Å². The highest BCUT2D eigenvalue weighted by Gasteiger charge is 2.42. The predicted octanol–water partition coefficient (Wildman–Crippen LogP) is 3.01. The molecule has 134 valence electrons. The molecule has 0 radical (unpaired) electrons. The lowest BCUT2D eigenvalue weighted by Crippen LogP contribution is -2.42. The van der Waals surface area contributed by atoms with Crippen LogP contribution < -0.4 is 5.32 Å². The van der Waals surface area contributed by atoms with Crippen molar-refractivity contribution in [2.75, 3.05) is 6.61 Å². The van der Waals surface area contributed by atoms with Gasteiger partial charge < -0.3 is 15.5 Å². The standard InChI is InChI=1S/C18H17FN4O2S/c1-3-25-17(24)14-13(10-20)22-15(16-21-8-9-26-16)23-18(14,2)11-4-6-12(19)7-5-11/h4-10,20H,3H2,1-2H3,(H,22,23)/t18-/m1/s1. The smallest absolute Gasteiger partial charge is 0.339 e. The third kappa shape index (κ3) is 3.15. The highest BCUT2D eigenvalue weighted by atomic mass is 32.1. The van der Waals surface area contributed by atoms with Gasteiger partial charge in [-0.3, -0.25) is 0 Å². The Morgan fingerprint density at radius 1 is 1.42 bits per heavy atom. The monoisotopic (exact) mass is 372 g/mol. The number of hydrogen-bond acceptors (Lipinski definition) is 7. The average molecular weight is 372 g/mol. The van der Waals surface area contributed by atoms with Crippen LogP contribution in [0.5, 0.6) is 0 Å². The first-order valence-electron chi connectivity index (χ1n) is 7.94. The molecule has 0 amide bonds. The zero-order valence-electron chi connectivity index (χ0n) is 14.2. The maximum atomic E-state index is 13.4. The lowest BCUT2D eigenvalue weighted by molar-refractivity contribution is -0.139. The Morgan fingerprint density at radius 3 is 2.73 bits per heavy atom. The Bertz CT molecular complexity index is 890. The number of nitrogens with zero attached hydrogens (tertiary/aromatic N) is 2. The number of esters is 1. The summed E-state index contributed by atoms with van der Waals surface area (Å²) >= 11 is 1.38. The van der Waals surface area contributed by atoms with Crippen LogP contribution in [0, 0.1) is 11.2 Å². The summed E-state index contributed by atoms with van der Waals surface area (Å²) in [5, 5.41) is 13.2. The Labute approximate surface area is 154 Å². The average Bonchev–Trinajstić information content (AvgIpc) is 3.16. The van der Waals surface area contributed by atoms with E-state index in [0.717, 1.165) is 6.21 Å². The number of allylic oxidation sites excluding steroid dienone is 1. The van der Waals surface area contributed by atoms with Crippen LogP contribution in [0.4, 0.5) is 4.39 Å². The van der Waals surface area contributed by atoms with Crippen LogP contribution >= 0.6 is 11.3 Å². The third-order valence-corrected chi connectivity index (χ3v) is 4.79. The molecule has 0 unspecified atom stereocenters. The molecule has 8 heteroatoms. The molecule has 0 aliphatic carbocycles. The van der Waals surface area contributed by atoms with E-state index < -0.39 is 11.5 Å². The molecule has 3 rings (SSSR count). The molecule has 1 aromatic carbocycles. The normalized spacial score (nSPS) is 19.6. The van der Waals surface area contributed by atoms with Crippen molar-refractivity contribution in [1.29, 1.82) is 5.41 Å². The first kappa shape index (κ1) is 17.9. The van der Waals surface area contributed by atoms with Crippen LogP contribution in [-0.2, 0) is 15.1 Å². The van der Waals surface area contributed by atoms with Gasteiger partial charge in [-0.05, 0) is 31.5 Å². The number of hydrogen-bond donors (Lipinski definition) is 2. The molecular formula is C18H17FN4O2S. The maximum absolute atomic E-state index is 13.4. The second kappa shape index (κ2) is 7.17. The minimum absolute atomic E-state index is 0.191. The summed E-state index contributed by atoms with van der Waals surface area (Å²) in [6.45, 7) is 3.64. The van der Waals surface area contributed by atoms with Gasteiger partial charge in [0.1, 0.15) is 11.4 Å². The van der Waals surface area contributed by atoms with Gasteiger partial charge in [-0.1, -0.05) is 12.1 Å². The third-order valence-electron chi connectivity index (χ3n) is 4.01. The van der Waals surface area contributed by atoms with Crippen molar-refractivity contribution in [1.82, 2.24) is 10.3 Å². The summed E-state index contributed by atoms with van der Waals surface area (Å²) in [7, 11) is 0.